The summed E-state index contributed by atoms with van der Waals surface area (Å²) in [5.41, 5.74) is 5.26. The molecule has 0 unspecified atom stereocenters. The van der Waals surface area contributed by atoms with Crippen molar-refractivity contribution in [1.82, 2.24) is 0 Å². The van der Waals surface area contributed by atoms with Gasteiger partial charge in [-0.15, -0.1) is 0 Å². The van der Waals surface area contributed by atoms with E-state index in [2.05, 4.69) is 4.99 Å². The summed E-state index contributed by atoms with van der Waals surface area (Å²) in [6, 6.07) is 0. The van der Waals surface area contributed by atoms with Gasteiger partial charge in [-0.3, -0.25) is 0 Å². The van der Waals surface area contributed by atoms with Crippen LogP contribution >= 0.6 is 11.8 Å². The summed E-state index contributed by atoms with van der Waals surface area (Å²) in [5, 5.41) is 0.412. The first-order valence-corrected chi connectivity index (χ1v) is 6.37. The second-order valence-electron chi connectivity index (χ2n) is 2.92. The van der Waals surface area contributed by atoms with Crippen molar-refractivity contribution < 1.29 is 8.42 Å². The molecule has 0 radical (unpaired) electrons. The van der Waals surface area contributed by atoms with Crippen LogP contribution in [-0.4, -0.2) is 24.5 Å². The lowest BCUT2D eigenvalue weighted by atomic mass is 10.6. The van der Waals surface area contributed by atoms with E-state index in [-0.39, 0.29) is 10.1 Å². The SMILES string of the molecule is CC(C)SCC1=NC=C(N)S1(=O)=O. The van der Waals surface area contributed by atoms with Gasteiger partial charge in [0, 0.05) is 5.75 Å². The smallest absolute Gasteiger partial charge is 0.236 e. The summed E-state index contributed by atoms with van der Waals surface area (Å²) in [6.45, 7) is 4.01. The number of sulfone groups is 1. The molecule has 0 aromatic rings. The molecule has 13 heavy (non-hydrogen) atoms. The molecule has 1 heterocycles. The van der Waals surface area contributed by atoms with Gasteiger partial charge in [-0.2, -0.15) is 11.8 Å². The van der Waals surface area contributed by atoms with Gasteiger partial charge in [-0.25, -0.2) is 13.4 Å². The Kier molecular flexibility index (Phi) is 3.02. The lowest BCUT2D eigenvalue weighted by molar-refractivity contribution is 0.612. The molecule has 74 valence electrons. The summed E-state index contributed by atoms with van der Waals surface area (Å²) in [7, 11) is -3.39. The van der Waals surface area contributed by atoms with Gasteiger partial charge >= 0.3 is 0 Å². The predicted molar refractivity (Wildman–Crippen MR) is 56.2 cm³/mol. The topological polar surface area (TPSA) is 72.5 Å². The Morgan fingerprint density at radius 2 is 2.23 bits per heavy atom. The third-order valence-corrected chi connectivity index (χ3v) is 4.38. The summed E-state index contributed by atoms with van der Waals surface area (Å²) in [6.07, 6.45) is 1.20. The fourth-order valence-electron chi connectivity index (χ4n) is 0.763. The van der Waals surface area contributed by atoms with Crippen LogP contribution in [0.15, 0.2) is 16.2 Å². The zero-order valence-corrected chi connectivity index (χ0v) is 9.15. The minimum atomic E-state index is -3.39. The largest absolute Gasteiger partial charge is 0.388 e. The molecular formula is C7H12N2O2S2. The molecule has 0 aromatic heterocycles. The van der Waals surface area contributed by atoms with Crippen LogP contribution in [0.2, 0.25) is 0 Å². The van der Waals surface area contributed by atoms with Gasteiger partial charge in [-0.1, -0.05) is 13.8 Å². The summed E-state index contributed by atoms with van der Waals surface area (Å²) in [4.78, 5) is 3.76. The maximum Gasteiger partial charge on any atom is 0.236 e. The minimum Gasteiger partial charge on any atom is -0.388 e. The first-order valence-electron chi connectivity index (χ1n) is 3.83. The van der Waals surface area contributed by atoms with E-state index in [9.17, 15) is 8.42 Å². The van der Waals surface area contributed by atoms with E-state index in [0.717, 1.165) is 0 Å². The van der Waals surface area contributed by atoms with E-state index in [1.54, 1.807) is 0 Å². The Bertz CT molecular complexity index is 355. The second kappa shape index (κ2) is 3.71. The fraction of sp³-hybridized carbons (Fsp3) is 0.571. The van der Waals surface area contributed by atoms with Crippen molar-refractivity contribution in [1.29, 1.82) is 0 Å². The first kappa shape index (κ1) is 10.6. The molecule has 0 saturated heterocycles. The van der Waals surface area contributed by atoms with Gasteiger partial charge in [0.25, 0.3) is 0 Å². The normalized spacial score (nSPS) is 20.2. The monoisotopic (exact) mass is 220 g/mol. The van der Waals surface area contributed by atoms with Gasteiger partial charge in [0.1, 0.15) is 5.04 Å². The van der Waals surface area contributed by atoms with E-state index < -0.39 is 9.84 Å². The Labute approximate surface area is 82.2 Å². The summed E-state index contributed by atoms with van der Waals surface area (Å²) >= 11 is 1.53. The molecule has 4 nitrogen and oxygen atoms in total. The molecule has 6 heteroatoms. The molecule has 0 aromatic carbocycles. The Balaban J connectivity index is 2.67. The lowest BCUT2D eigenvalue weighted by Gasteiger charge is -2.04. The third kappa shape index (κ3) is 2.25. The van der Waals surface area contributed by atoms with Crippen molar-refractivity contribution in [3.05, 3.63) is 11.2 Å². The molecule has 0 aliphatic carbocycles. The highest BCUT2D eigenvalue weighted by Gasteiger charge is 2.27. The minimum absolute atomic E-state index is 0.146. The van der Waals surface area contributed by atoms with Crippen molar-refractivity contribution in [3.8, 4) is 0 Å². The molecule has 0 saturated carbocycles. The molecule has 1 aliphatic heterocycles. The molecule has 0 bridgehead atoms. The van der Waals surface area contributed by atoms with Crippen LogP contribution in [0.1, 0.15) is 13.8 Å². The zero-order valence-electron chi connectivity index (χ0n) is 7.52. The van der Waals surface area contributed by atoms with Gasteiger partial charge in [0.2, 0.25) is 9.84 Å². The third-order valence-electron chi connectivity index (χ3n) is 1.50. The number of hydrogen-bond acceptors (Lipinski definition) is 5. The van der Waals surface area contributed by atoms with Gasteiger partial charge in [0.15, 0.2) is 5.03 Å². The van der Waals surface area contributed by atoms with Gasteiger partial charge in [-0.05, 0) is 5.25 Å². The number of rotatable bonds is 3. The van der Waals surface area contributed by atoms with E-state index in [1.165, 1.54) is 18.0 Å². The molecule has 2 N–H and O–H groups in total. The molecule has 0 spiro atoms. The van der Waals surface area contributed by atoms with Crippen molar-refractivity contribution in [2.24, 2.45) is 10.7 Å². The molecule has 1 aliphatic rings. The predicted octanol–water partition coefficient (Wildman–Crippen LogP) is 0.713. The Morgan fingerprint density at radius 3 is 2.62 bits per heavy atom. The van der Waals surface area contributed by atoms with Crippen molar-refractivity contribution in [2.75, 3.05) is 5.75 Å². The van der Waals surface area contributed by atoms with Crippen LogP contribution in [0.5, 0.6) is 0 Å². The first-order chi connectivity index (χ1) is 5.94. The standard InChI is InChI=1S/C7H12N2O2S2/c1-5(2)12-4-7-9-3-6(8)13(7,10)11/h3,5H,4,8H2,1-2H3. The maximum atomic E-state index is 11.4. The summed E-state index contributed by atoms with van der Waals surface area (Å²) in [5.74, 6) is 0.400. The number of hydrogen-bond donors (Lipinski definition) is 1. The fourth-order valence-corrected chi connectivity index (χ4v) is 2.79. The van der Waals surface area contributed by atoms with Crippen molar-refractivity contribution in [3.63, 3.8) is 0 Å². The van der Waals surface area contributed by atoms with Gasteiger partial charge in [0.05, 0.1) is 6.20 Å². The lowest BCUT2D eigenvalue weighted by Crippen LogP contribution is -2.19. The molecule has 0 fully saturated rings. The Hall–Kier alpha value is -0.490. The molecular weight excluding hydrogens is 208 g/mol. The Morgan fingerprint density at radius 1 is 1.62 bits per heavy atom. The number of aliphatic imine (C=N–C) groups is 1. The highest BCUT2D eigenvalue weighted by molar-refractivity contribution is 8.12. The van der Waals surface area contributed by atoms with Crippen LogP contribution in [0.3, 0.4) is 0 Å². The number of thioether (sulfide) groups is 1. The highest BCUT2D eigenvalue weighted by atomic mass is 32.2. The van der Waals surface area contributed by atoms with Crippen LogP contribution < -0.4 is 5.73 Å². The number of nitrogens with zero attached hydrogens (tertiary/aromatic N) is 1. The molecule has 0 amide bonds. The second-order valence-corrected chi connectivity index (χ2v) is 6.43. The maximum absolute atomic E-state index is 11.4. The van der Waals surface area contributed by atoms with E-state index in [1.807, 2.05) is 13.8 Å². The van der Waals surface area contributed by atoms with E-state index in [4.69, 9.17) is 5.73 Å². The average molecular weight is 220 g/mol. The quantitative estimate of drug-likeness (QED) is 0.760. The van der Waals surface area contributed by atoms with Crippen molar-refractivity contribution in [2.45, 2.75) is 19.1 Å². The van der Waals surface area contributed by atoms with Crippen LogP contribution in [0.4, 0.5) is 0 Å². The molecule has 1 rings (SSSR count). The van der Waals surface area contributed by atoms with Crippen LogP contribution in [0.25, 0.3) is 0 Å². The van der Waals surface area contributed by atoms with E-state index in [0.29, 0.717) is 11.0 Å². The van der Waals surface area contributed by atoms with Crippen LogP contribution in [0, 0.1) is 0 Å². The van der Waals surface area contributed by atoms with Crippen molar-refractivity contribution >= 4 is 26.6 Å². The van der Waals surface area contributed by atoms with Crippen LogP contribution in [-0.2, 0) is 9.84 Å². The average Bonchev–Trinajstić information content (AvgIpc) is 2.25. The number of nitrogens with two attached hydrogens (primary N) is 1. The molecule has 0 atom stereocenters. The highest BCUT2D eigenvalue weighted by Crippen LogP contribution is 2.18. The summed E-state index contributed by atoms with van der Waals surface area (Å²) < 4.78 is 22.7. The van der Waals surface area contributed by atoms with E-state index >= 15 is 0 Å². The zero-order chi connectivity index (χ0) is 10.1. The van der Waals surface area contributed by atoms with Gasteiger partial charge < -0.3 is 5.73 Å².